The van der Waals surface area contributed by atoms with E-state index >= 15 is 0 Å². The van der Waals surface area contributed by atoms with Crippen molar-refractivity contribution >= 4 is 32.7 Å². The zero-order valence-electron chi connectivity index (χ0n) is 26.8. The second-order valence-electron chi connectivity index (χ2n) is 13.9. The molecule has 2 aliphatic carbocycles. The highest BCUT2D eigenvalue weighted by atomic mass is 32.2. The molecule has 2 unspecified atom stereocenters. The Morgan fingerprint density at radius 1 is 1.00 bits per heavy atom. The number of hydrogen-bond acceptors (Lipinski definition) is 6. The van der Waals surface area contributed by atoms with Gasteiger partial charge in [-0.25, -0.2) is 13.1 Å². The van der Waals surface area contributed by atoms with Crippen molar-refractivity contribution in [1.29, 1.82) is 0 Å². The summed E-state index contributed by atoms with van der Waals surface area (Å²) in [5.74, 6) is 0.675. The largest absolute Gasteiger partial charge is 0.497 e. The average molecular weight is 645 g/mol. The SMILES string of the molecule is C=CS(=O)(=O)NC(=O)c1ccc2c(C3CCCCC3)c(-c3ccc(OC)cc3)n(CC3(C(=O)N4C5CCC4CN(C)C5)CC3)c2c1. The molecular weight excluding hydrogens is 600 g/mol. The number of benzene rings is 2. The van der Waals surface area contributed by atoms with E-state index in [-0.39, 0.29) is 23.6 Å². The van der Waals surface area contributed by atoms with E-state index in [0.717, 1.165) is 97.8 Å². The zero-order chi connectivity index (χ0) is 32.2. The maximum atomic E-state index is 14.5. The second-order valence-corrected chi connectivity index (χ2v) is 15.5. The van der Waals surface area contributed by atoms with Gasteiger partial charge in [-0.15, -0.1) is 0 Å². The Kier molecular flexibility index (Phi) is 8.00. The summed E-state index contributed by atoms with van der Waals surface area (Å²) in [6.07, 6.45) is 9.47. The number of carbonyl (C=O) groups excluding carboxylic acids is 2. The van der Waals surface area contributed by atoms with Gasteiger partial charge in [-0.3, -0.25) is 9.59 Å². The number of amides is 2. The van der Waals surface area contributed by atoms with Gasteiger partial charge < -0.3 is 19.1 Å². The monoisotopic (exact) mass is 644 g/mol. The van der Waals surface area contributed by atoms with Gasteiger partial charge in [0.25, 0.3) is 15.9 Å². The molecule has 0 spiro atoms. The van der Waals surface area contributed by atoms with Gasteiger partial charge in [-0.05, 0) is 99.0 Å². The molecular formula is C36H44N4O5S. The number of sulfonamides is 1. The van der Waals surface area contributed by atoms with Crippen LogP contribution in [-0.2, 0) is 21.4 Å². The molecule has 1 aromatic heterocycles. The number of likely N-dealkylation sites (N-methyl/N-ethyl adjacent to an activating group) is 1. The van der Waals surface area contributed by atoms with Gasteiger partial charge >= 0.3 is 0 Å². The Bertz CT molecular complexity index is 1770. The Balaban J connectivity index is 1.38. The zero-order valence-corrected chi connectivity index (χ0v) is 27.7. The lowest BCUT2D eigenvalue weighted by atomic mass is 9.81. The first-order valence-corrected chi connectivity index (χ1v) is 18.2. The van der Waals surface area contributed by atoms with Gasteiger partial charge in [0, 0.05) is 53.6 Å². The van der Waals surface area contributed by atoms with Gasteiger partial charge in [0.2, 0.25) is 5.91 Å². The van der Waals surface area contributed by atoms with Crippen molar-refractivity contribution < 1.29 is 22.7 Å². The molecule has 2 amide bonds. The molecule has 10 heteroatoms. The van der Waals surface area contributed by atoms with Crippen molar-refractivity contribution in [2.24, 2.45) is 5.41 Å². The van der Waals surface area contributed by atoms with Crippen LogP contribution in [0.4, 0.5) is 0 Å². The number of methoxy groups -OCH3 is 1. The number of fused-ring (bicyclic) bond motifs is 3. The van der Waals surface area contributed by atoms with Crippen molar-refractivity contribution in [3.05, 3.63) is 65.6 Å². The van der Waals surface area contributed by atoms with Gasteiger partial charge in [0.15, 0.2) is 0 Å². The third kappa shape index (κ3) is 5.53. The summed E-state index contributed by atoms with van der Waals surface area (Å²) < 4.78 is 34.3. The maximum Gasteiger partial charge on any atom is 0.265 e. The van der Waals surface area contributed by atoms with Crippen LogP contribution in [0.3, 0.4) is 0 Å². The van der Waals surface area contributed by atoms with E-state index in [0.29, 0.717) is 12.5 Å². The number of rotatable bonds is 9. The number of nitrogens with one attached hydrogen (secondary N) is 1. The fourth-order valence-corrected chi connectivity index (χ4v) is 8.85. The van der Waals surface area contributed by atoms with E-state index in [1.54, 1.807) is 13.2 Å². The van der Waals surface area contributed by atoms with E-state index in [1.165, 1.54) is 12.0 Å². The highest BCUT2D eigenvalue weighted by molar-refractivity contribution is 7.92. The fourth-order valence-electron chi connectivity index (χ4n) is 8.39. The number of piperazine rings is 1. The number of aromatic nitrogens is 1. The summed E-state index contributed by atoms with van der Waals surface area (Å²) in [6.45, 7) is 5.67. The lowest BCUT2D eigenvalue weighted by Crippen LogP contribution is -2.56. The normalized spacial score (nSPS) is 23.0. The molecule has 9 nitrogen and oxygen atoms in total. The van der Waals surface area contributed by atoms with Crippen molar-refractivity contribution in [2.45, 2.75) is 82.3 Å². The Morgan fingerprint density at radius 2 is 1.67 bits per heavy atom. The molecule has 2 aromatic carbocycles. The Hall–Kier alpha value is -3.63. The third-order valence-corrected chi connectivity index (χ3v) is 11.8. The third-order valence-electron chi connectivity index (χ3n) is 10.9. The molecule has 2 saturated heterocycles. The lowest BCUT2D eigenvalue weighted by Gasteiger charge is -2.41. The van der Waals surface area contributed by atoms with Crippen LogP contribution in [0.5, 0.6) is 5.75 Å². The summed E-state index contributed by atoms with van der Waals surface area (Å²) in [5, 5.41) is 1.80. The van der Waals surface area contributed by atoms with Crippen LogP contribution in [0.2, 0.25) is 0 Å². The minimum absolute atomic E-state index is 0.251. The summed E-state index contributed by atoms with van der Waals surface area (Å²) in [4.78, 5) is 32.3. The average Bonchev–Trinajstić information content (AvgIpc) is 3.71. The summed E-state index contributed by atoms with van der Waals surface area (Å²) in [6, 6.07) is 14.1. The molecule has 46 heavy (non-hydrogen) atoms. The Labute approximate surface area is 271 Å². The highest BCUT2D eigenvalue weighted by Crippen LogP contribution is 2.53. The molecule has 4 fully saturated rings. The van der Waals surface area contributed by atoms with Gasteiger partial charge in [-0.2, -0.15) is 0 Å². The first kappa shape index (κ1) is 31.0. The van der Waals surface area contributed by atoms with Crippen LogP contribution in [0.15, 0.2) is 54.5 Å². The quantitative estimate of drug-likeness (QED) is 0.323. The molecule has 244 valence electrons. The summed E-state index contributed by atoms with van der Waals surface area (Å²) in [5.41, 5.74) is 3.99. The van der Waals surface area contributed by atoms with Crippen LogP contribution < -0.4 is 9.46 Å². The molecule has 0 radical (unpaired) electrons. The van der Waals surface area contributed by atoms with Gasteiger partial charge in [0.05, 0.1) is 18.2 Å². The number of likely N-dealkylation sites (tertiary alicyclic amines) is 1. The summed E-state index contributed by atoms with van der Waals surface area (Å²) in [7, 11) is -0.153. The molecule has 7 rings (SSSR count). The molecule has 2 saturated carbocycles. The van der Waals surface area contributed by atoms with Crippen molar-refractivity contribution in [1.82, 2.24) is 19.1 Å². The number of carbonyl (C=O) groups is 2. The van der Waals surface area contributed by atoms with Gasteiger partial charge in [0.1, 0.15) is 5.75 Å². The molecule has 3 heterocycles. The molecule has 1 N–H and O–H groups in total. The molecule has 3 aromatic rings. The van der Waals surface area contributed by atoms with E-state index in [1.807, 2.05) is 24.3 Å². The first-order valence-electron chi connectivity index (χ1n) is 16.6. The van der Waals surface area contributed by atoms with Crippen LogP contribution in [0.25, 0.3) is 22.2 Å². The van der Waals surface area contributed by atoms with E-state index in [4.69, 9.17) is 4.74 Å². The topological polar surface area (TPSA) is 101 Å². The maximum absolute atomic E-state index is 14.5. The smallest absolute Gasteiger partial charge is 0.265 e. The predicted octanol–water partition coefficient (Wildman–Crippen LogP) is 5.65. The first-order chi connectivity index (χ1) is 22.1. The Morgan fingerprint density at radius 3 is 2.28 bits per heavy atom. The van der Waals surface area contributed by atoms with Crippen molar-refractivity contribution in [3.8, 4) is 17.0 Å². The lowest BCUT2D eigenvalue weighted by molar-refractivity contribution is -0.143. The van der Waals surface area contributed by atoms with E-state index < -0.39 is 21.3 Å². The van der Waals surface area contributed by atoms with Crippen LogP contribution in [-0.4, -0.2) is 73.9 Å². The van der Waals surface area contributed by atoms with Crippen molar-refractivity contribution in [2.75, 3.05) is 27.2 Å². The van der Waals surface area contributed by atoms with Crippen LogP contribution >= 0.6 is 0 Å². The molecule has 2 aliphatic heterocycles. The minimum atomic E-state index is -3.96. The highest BCUT2D eigenvalue weighted by Gasteiger charge is 2.56. The minimum Gasteiger partial charge on any atom is -0.497 e. The molecule has 4 aliphatic rings. The molecule has 2 atom stereocenters. The van der Waals surface area contributed by atoms with Gasteiger partial charge in [-0.1, -0.05) is 31.9 Å². The second kappa shape index (κ2) is 11.9. The molecule has 2 bridgehead atoms. The standard InChI is InChI=1S/C36H44N4O5S/c1-4-46(43,44)37-34(41)26-12-17-30-31(20-26)39(23-36(18-19-36)35(42)40-27-13-14-28(40)22-38(2)21-27)33(25-10-15-29(45-3)16-11-25)32(30)24-8-6-5-7-9-24/h4,10-12,15-17,20,24,27-28H,1,5-9,13-14,18-19,21-23H2,2-3H3,(H,37,41). The number of ether oxygens (including phenoxy) is 1. The number of nitrogens with zero attached hydrogens (tertiary/aromatic N) is 3. The van der Waals surface area contributed by atoms with E-state index in [2.05, 4.69) is 44.8 Å². The predicted molar refractivity (Wildman–Crippen MR) is 179 cm³/mol. The van der Waals surface area contributed by atoms with Crippen LogP contribution in [0.1, 0.15) is 79.6 Å². The number of hydrogen-bond donors (Lipinski definition) is 1. The fraction of sp³-hybridized carbons (Fsp3) is 0.500. The summed E-state index contributed by atoms with van der Waals surface area (Å²) >= 11 is 0. The van der Waals surface area contributed by atoms with E-state index in [9.17, 15) is 18.0 Å². The van der Waals surface area contributed by atoms with Crippen molar-refractivity contribution in [3.63, 3.8) is 0 Å². The van der Waals surface area contributed by atoms with Crippen LogP contribution in [0, 0.1) is 5.41 Å².